The molecule has 0 spiro atoms. The van der Waals surface area contributed by atoms with E-state index < -0.39 is 5.54 Å². The van der Waals surface area contributed by atoms with E-state index >= 15 is 0 Å². The molecule has 1 N–H and O–H groups in total. The minimum atomic E-state index is -0.559. The Morgan fingerprint density at radius 3 is 2.41 bits per heavy atom. The van der Waals surface area contributed by atoms with E-state index in [9.17, 15) is 4.79 Å². The van der Waals surface area contributed by atoms with Gasteiger partial charge in [-0.2, -0.15) is 0 Å². The summed E-state index contributed by atoms with van der Waals surface area (Å²) in [6.07, 6.45) is 2.73. The molecule has 0 bridgehead atoms. The summed E-state index contributed by atoms with van der Waals surface area (Å²) in [5.74, 6) is -0.154. The molecule has 0 aromatic heterocycles. The molecule has 4 heteroatoms. The van der Waals surface area contributed by atoms with Crippen LogP contribution in [-0.4, -0.2) is 37.9 Å². The van der Waals surface area contributed by atoms with Crippen LogP contribution in [0.25, 0.3) is 0 Å². The second kappa shape index (κ2) is 9.42. The van der Waals surface area contributed by atoms with Crippen LogP contribution in [0, 0.1) is 0 Å². The lowest BCUT2D eigenvalue weighted by molar-refractivity contribution is -0.150. The van der Waals surface area contributed by atoms with E-state index in [4.69, 9.17) is 9.47 Å². The van der Waals surface area contributed by atoms with Gasteiger partial charge in [0, 0.05) is 13.2 Å². The van der Waals surface area contributed by atoms with Crippen molar-refractivity contribution in [2.24, 2.45) is 0 Å². The molecule has 0 aromatic rings. The lowest BCUT2D eigenvalue weighted by atomic mass is 9.95. The first-order valence-electron chi connectivity index (χ1n) is 6.60. The van der Waals surface area contributed by atoms with E-state index in [2.05, 4.69) is 5.32 Å². The topological polar surface area (TPSA) is 47.6 Å². The third-order valence-electron chi connectivity index (χ3n) is 2.71. The maximum absolute atomic E-state index is 11.9. The van der Waals surface area contributed by atoms with Crippen LogP contribution in [-0.2, 0) is 14.3 Å². The van der Waals surface area contributed by atoms with Crippen LogP contribution in [0.3, 0.4) is 0 Å². The molecule has 4 nitrogen and oxygen atoms in total. The standard InChI is InChI=1S/C13H27NO3/c1-5-14-13(4,12(15)17-7-3)10-8-9-11-16-6-2/h14H,5-11H2,1-4H3. The molecule has 1 atom stereocenters. The first kappa shape index (κ1) is 16.4. The van der Waals surface area contributed by atoms with Gasteiger partial charge in [-0.15, -0.1) is 0 Å². The van der Waals surface area contributed by atoms with Gasteiger partial charge >= 0.3 is 5.97 Å². The summed E-state index contributed by atoms with van der Waals surface area (Å²) in [7, 11) is 0. The van der Waals surface area contributed by atoms with Crippen molar-refractivity contribution in [3.05, 3.63) is 0 Å². The number of carbonyl (C=O) groups is 1. The zero-order valence-corrected chi connectivity index (χ0v) is 11.7. The Hall–Kier alpha value is -0.610. The van der Waals surface area contributed by atoms with Crippen molar-refractivity contribution in [1.82, 2.24) is 5.32 Å². The van der Waals surface area contributed by atoms with Gasteiger partial charge in [-0.1, -0.05) is 6.92 Å². The molecule has 0 aromatic carbocycles. The van der Waals surface area contributed by atoms with Gasteiger partial charge in [0.05, 0.1) is 6.61 Å². The predicted octanol–water partition coefficient (Wildman–Crippen LogP) is 2.12. The van der Waals surface area contributed by atoms with Crippen LogP contribution in [0.5, 0.6) is 0 Å². The molecule has 0 heterocycles. The number of unbranched alkanes of at least 4 members (excludes halogenated alkanes) is 1. The van der Waals surface area contributed by atoms with Crippen molar-refractivity contribution in [1.29, 1.82) is 0 Å². The second-order valence-corrected chi connectivity index (χ2v) is 4.24. The molecule has 1 unspecified atom stereocenters. The Morgan fingerprint density at radius 2 is 1.88 bits per heavy atom. The van der Waals surface area contributed by atoms with Gasteiger partial charge in [-0.3, -0.25) is 4.79 Å². The molecule has 17 heavy (non-hydrogen) atoms. The molecule has 0 saturated heterocycles. The summed E-state index contributed by atoms with van der Waals surface area (Å²) in [4.78, 5) is 11.9. The number of likely N-dealkylation sites (N-methyl/N-ethyl adjacent to an activating group) is 1. The fourth-order valence-corrected chi connectivity index (χ4v) is 1.77. The third kappa shape index (κ3) is 6.64. The number of ether oxygens (including phenoxy) is 2. The Balaban J connectivity index is 4.07. The first-order valence-corrected chi connectivity index (χ1v) is 6.60. The number of hydrogen-bond acceptors (Lipinski definition) is 4. The molecule has 0 radical (unpaired) electrons. The SMILES string of the molecule is CCNC(C)(CCCCOCC)C(=O)OCC. The van der Waals surface area contributed by atoms with E-state index in [1.54, 1.807) is 0 Å². The summed E-state index contributed by atoms with van der Waals surface area (Å²) >= 11 is 0. The molecular formula is C13H27NO3. The van der Waals surface area contributed by atoms with Crippen LogP contribution >= 0.6 is 0 Å². The van der Waals surface area contributed by atoms with Crippen molar-refractivity contribution in [2.45, 2.75) is 52.5 Å². The second-order valence-electron chi connectivity index (χ2n) is 4.24. The molecule has 0 fully saturated rings. The lowest BCUT2D eigenvalue weighted by Gasteiger charge is -2.28. The molecule has 102 valence electrons. The van der Waals surface area contributed by atoms with Gasteiger partial charge in [0.2, 0.25) is 0 Å². The van der Waals surface area contributed by atoms with Crippen LogP contribution in [0.15, 0.2) is 0 Å². The Morgan fingerprint density at radius 1 is 1.18 bits per heavy atom. The van der Waals surface area contributed by atoms with Gasteiger partial charge in [0.15, 0.2) is 0 Å². The van der Waals surface area contributed by atoms with Crippen LogP contribution < -0.4 is 5.32 Å². The normalized spacial score (nSPS) is 14.4. The smallest absolute Gasteiger partial charge is 0.326 e. The number of carbonyl (C=O) groups excluding carboxylic acids is 1. The zero-order valence-electron chi connectivity index (χ0n) is 11.7. The van der Waals surface area contributed by atoms with Crippen molar-refractivity contribution < 1.29 is 14.3 Å². The fourth-order valence-electron chi connectivity index (χ4n) is 1.77. The van der Waals surface area contributed by atoms with Crippen LogP contribution in [0.1, 0.15) is 47.0 Å². The lowest BCUT2D eigenvalue weighted by Crippen LogP contribution is -2.50. The molecule has 0 aliphatic carbocycles. The Labute approximate surface area is 105 Å². The highest BCUT2D eigenvalue weighted by Gasteiger charge is 2.32. The highest BCUT2D eigenvalue weighted by Crippen LogP contribution is 2.16. The molecule has 0 amide bonds. The average Bonchev–Trinajstić information content (AvgIpc) is 2.29. The van der Waals surface area contributed by atoms with Gasteiger partial charge in [-0.05, 0) is 46.6 Å². The number of esters is 1. The summed E-state index contributed by atoms with van der Waals surface area (Å²) in [6, 6.07) is 0. The summed E-state index contributed by atoms with van der Waals surface area (Å²) in [5.41, 5.74) is -0.559. The summed E-state index contributed by atoms with van der Waals surface area (Å²) < 4.78 is 10.4. The number of hydrogen-bond donors (Lipinski definition) is 1. The van der Waals surface area contributed by atoms with E-state index in [0.29, 0.717) is 6.61 Å². The third-order valence-corrected chi connectivity index (χ3v) is 2.71. The van der Waals surface area contributed by atoms with E-state index in [1.165, 1.54) is 0 Å². The molecular weight excluding hydrogens is 218 g/mol. The van der Waals surface area contributed by atoms with E-state index in [-0.39, 0.29) is 5.97 Å². The minimum absolute atomic E-state index is 0.154. The van der Waals surface area contributed by atoms with Crippen LogP contribution in [0.4, 0.5) is 0 Å². The zero-order chi connectivity index (χ0) is 13.1. The summed E-state index contributed by atoms with van der Waals surface area (Å²) in [5, 5.41) is 3.22. The van der Waals surface area contributed by atoms with E-state index in [0.717, 1.165) is 39.0 Å². The van der Waals surface area contributed by atoms with Gasteiger partial charge in [-0.25, -0.2) is 0 Å². The maximum Gasteiger partial charge on any atom is 0.326 e. The van der Waals surface area contributed by atoms with Crippen LogP contribution in [0.2, 0.25) is 0 Å². The molecule has 0 aliphatic heterocycles. The average molecular weight is 245 g/mol. The van der Waals surface area contributed by atoms with Crippen molar-refractivity contribution in [2.75, 3.05) is 26.4 Å². The molecule has 0 rings (SSSR count). The van der Waals surface area contributed by atoms with Gasteiger partial charge < -0.3 is 14.8 Å². The number of rotatable bonds is 10. The Kier molecular flexibility index (Phi) is 9.09. The summed E-state index contributed by atoms with van der Waals surface area (Å²) in [6.45, 7) is 10.4. The first-order chi connectivity index (χ1) is 8.10. The molecule has 0 aliphatic rings. The maximum atomic E-state index is 11.9. The van der Waals surface area contributed by atoms with Gasteiger partial charge in [0.1, 0.15) is 5.54 Å². The fraction of sp³-hybridized carbons (Fsp3) is 0.923. The Bertz CT molecular complexity index is 209. The van der Waals surface area contributed by atoms with E-state index in [1.807, 2.05) is 27.7 Å². The van der Waals surface area contributed by atoms with Crippen molar-refractivity contribution in [3.8, 4) is 0 Å². The molecule has 0 saturated carbocycles. The highest BCUT2D eigenvalue weighted by molar-refractivity contribution is 5.80. The van der Waals surface area contributed by atoms with Crippen molar-refractivity contribution in [3.63, 3.8) is 0 Å². The minimum Gasteiger partial charge on any atom is -0.465 e. The quantitative estimate of drug-likeness (QED) is 0.473. The number of nitrogens with one attached hydrogen (secondary N) is 1. The van der Waals surface area contributed by atoms with Crippen molar-refractivity contribution >= 4 is 5.97 Å². The predicted molar refractivity (Wildman–Crippen MR) is 69.1 cm³/mol. The monoisotopic (exact) mass is 245 g/mol. The highest BCUT2D eigenvalue weighted by atomic mass is 16.5. The largest absolute Gasteiger partial charge is 0.465 e. The van der Waals surface area contributed by atoms with Gasteiger partial charge in [0.25, 0.3) is 0 Å².